The van der Waals surface area contributed by atoms with Gasteiger partial charge in [-0.2, -0.15) is 0 Å². The molecule has 0 aliphatic carbocycles. The Kier molecular flexibility index (Phi) is 2.88. The monoisotopic (exact) mass is 253 g/mol. The normalized spacial score (nSPS) is 10.6. The van der Waals surface area contributed by atoms with Crippen LogP contribution in [0.2, 0.25) is 0 Å². The summed E-state index contributed by atoms with van der Waals surface area (Å²) in [6.45, 7) is 0. The summed E-state index contributed by atoms with van der Waals surface area (Å²) in [6.07, 6.45) is 1.69. The van der Waals surface area contributed by atoms with Gasteiger partial charge in [0.1, 0.15) is 0 Å². The van der Waals surface area contributed by atoms with Crippen LogP contribution < -0.4 is 4.74 Å². The lowest BCUT2D eigenvalue weighted by Crippen LogP contribution is -1.93. The Labute approximate surface area is 110 Å². The molecule has 0 amide bonds. The topological polar surface area (TPSA) is 22.1 Å². The Morgan fingerprint density at radius 2 is 1.84 bits per heavy atom. The number of aromatic nitrogens is 1. The van der Waals surface area contributed by atoms with Crippen molar-refractivity contribution in [2.45, 2.75) is 0 Å². The highest BCUT2D eigenvalue weighted by Crippen LogP contribution is 2.31. The molecule has 3 aromatic rings. The molecule has 19 heavy (non-hydrogen) atoms. The van der Waals surface area contributed by atoms with Crippen molar-refractivity contribution in [1.29, 1.82) is 0 Å². The number of rotatable bonds is 2. The number of methoxy groups -OCH3 is 1. The van der Waals surface area contributed by atoms with Gasteiger partial charge in [0.15, 0.2) is 11.6 Å². The van der Waals surface area contributed by atoms with E-state index in [1.54, 1.807) is 24.4 Å². The molecule has 0 fully saturated rings. The van der Waals surface area contributed by atoms with E-state index in [4.69, 9.17) is 4.74 Å². The molecule has 1 aromatic heterocycles. The van der Waals surface area contributed by atoms with Crippen LogP contribution in [-0.4, -0.2) is 12.1 Å². The Morgan fingerprint density at radius 3 is 2.68 bits per heavy atom. The van der Waals surface area contributed by atoms with Gasteiger partial charge < -0.3 is 4.74 Å². The van der Waals surface area contributed by atoms with Gasteiger partial charge in [-0.15, -0.1) is 0 Å². The lowest BCUT2D eigenvalue weighted by Gasteiger charge is -2.09. The number of benzene rings is 2. The third-order valence-electron chi connectivity index (χ3n) is 3.11. The highest BCUT2D eigenvalue weighted by molar-refractivity contribution is 5.94. The Hall–Kier alpha value is -2.42. The van der Waals surface area contributed by atoms with Gasteiger partial charge in [0.2, 0.25) is 0 Å². The van der Waals surface area contributed by atoms with Crippen LogP contribution in [0.4, 0.5) is 4.39 Å². The van der Waals surface area contributed by atoms with E-state index in [2.05, 4.69) is 4.98 Å². The van der Waals surface area contributed by atoms with E-state index < -0.39 is 0 Å². The molecule has 0 N–H and O–H groups in total. The molecule has 0 atom stereocenters. The van der Waals surface area contributed by atoms with Gasteiger partial charge in [0, 0.05) is 17.1 Å². The van der Waals surface area contributed by atoms with E-state index in [1.165, 1.54) is 7.11 Å². The fourth-order valence-corrected chi connectivity index (χ4v) is 2.19. The number of fused-ring (bicyclic) bond motifs is 1. The summed E-state index contributed by atoms with van der Waals surface area (Å²) >= 11 is 0. The number of ether oxygens (including phenoxy) is 1. The summed E-state index contributed by atoms with van der Waals surface area (Å²) in [5.41, 5.74) is 1.09. The van der Waals surface area contributed by atoms with Gasteiger partial charge in [-0.25, -0.2) is 4.39 Å². The van der Waals surface area contributed by atoms with E-state index in [0.717, 1.165) is 10.8 Å². The maximum absolute atomic E-state index is 14.3. The minimum Gasteiger partial charge on any atom is -0.494 e. The first-order chi connectivity index (χ1) is 9.31. The molecule has 3 rings (SSSR count). The maximum atomic E-state index is 14.3. The van der Waals surface area contributed by atoms with E-state index in [0.29, 0.717) is 11.3 Å². The number of pyridine rings is 1. The molecule has 0 aliphatic rings. The lowest BCUT2D eigenvalue weighted by molar-refractivity contribution is 0.387. The van der Waals surface area contributed by atoms with Gasteiger partial charge in [0.25, 0.3) is 0 Å². The molecule has 0 spiro atoms. The molecule has 0 aliphatic heterocycles. The molecule has 1 heterocycles. The predicted octanol–water partition coefficient (Wildman–Crippen LogP) is 4.05. The maximum Gasteiger partial charge on any atom is 0.174 e. The fourth-order valence-electron chi connectivity index (χ4n) is 2.19. The molecule has 0 saturated heterocycles. The van der Waals surface area contributed by atoms with Crippen molar-refractivity contribution in [1.82, 2.24) is 4.98 Å². The van der Waals surface area contributed by atoms with E-state index >= 15 is 0 Å². The second-order valence-electron chi connectivity index (χ2n) is 4.20. The van der Waals surface area contributed by atoms with Crippen molar-refractivity contribution in [3.8, 4) is 17.0 Å². The zero-order chi connectivity index (χ0) is 13.2. The third-order valence-corrected chi connectivity index (χ3v) is 3.11. The largest absolute Gasteiger partial charge is 0.494 e. The van der Waals surface area contributed by atoms with Crippen molar-refractivity contribution in [3.63, 3.8) is 0 Å². The fraction of sp³-hybridized carbons (Fsp3) is 0.0625. The minimum atomic E-state index is -0.381. The van der Waals surface area contributed by atoms with Crippen molar-refractivity contribution in [3.05, 3.63) is 60.5 Å². The van der Waals surface area contributed by atoms with Gasteiger partial charge in [-0.05, 0) is 23.6 Å². The quantitative estimate of drug-likeness (QED) is 0.687. The van der Waals surface area contributed by atoms with Crippen LogP contribution in [0, 0.1) is 5.82 Å². The van der Waals surface area contributed by atoms with Gasteiger partial charge in [-0.1, -0.05) is 30.3 Å². The molecule has 0 radical (unpaired) electrons. The summed E-state index contributed by atoms with van der Waals surface area (Å²) in [5, 5.41) is 1.96. The van der Waals surface area contributed by atoms with E-state index in [1.807, 2.05) is 30.3 Å². The smallest absolute Gasteiger partial charge is 0.174 e. The van der Waals surface area contributed by atoms with Crippen LogP contribution in [0.25, 0.3) is 22.0 Å². The van der Waals surface area contributed by atoms with Crippen molar-refractivity contribution in [2.24, 2.45) is 0 Å². The van der Waals surface area contributed by atoms with Crippen molar-refractivity contribution in [2.75, 3.05) is 7.11 Å². The molecule has 0 unspecified atom stereocenters. The molecular weight excluding hydrogens is 241 g/mol. The van der Waals surface area contributed by atoms with Crippen LogP contribution in [0.15, 0.2) is 54.7 Å². The second kappa shape index (κ2) is 4.69. The molecular formula is C16H12FNO. The molecule has 0 saturated carbocycles. The predicted molar refractivity (Wildman–Crippen MR) is 73.7 cm³/mol. The van der Waals surface area contributed by atoms with Gasteiger partial charge in [0.05, 0.1) is 12.8 Å². The van der Waals surface area contributed by atoms with Gasteiger partial charge >= 0.3 is 0 Å². The molecule has 2 aromatic carbocycles. The molecule has 3 heteroatoms. The van der Waals surface area contributed by atoms with E-state index in [-0.39, 0.29) is 11.6 Å². The summed E-state index contributed by atoms with van der Waals surface area (Å²) < 4.78 is 19.3. The first-order valence-electron chi connectivity index (χ1n) is 5.98. The third kappa shape index (κ3) is 1.93. The van der Waals surface area contributed by atoms with Crippen molar-refractivity contribution < 1.29 is 9.13 Å². The number of nitrogens with zero attached hydrogens (tertiary/aromatic N) is 1. The first kappa shape index (κ1) is 11.7. The van der Waals surface area contributed by atoms with Gasteiger partial charge in [-0.3, -0.25) is 4.98 Å². The Bertz CT molecular complexity index is 734. The molecule has 2 nitrogen and oxygen atoms in total. The Balaban J connectivity index is 2.31. The van der Waals surface area contributed by atoms with Crippen LogP contribution in [-0.2, 0) is 0 Å². The summed E-state index contributed by atoms with van der Waals surface area (Å²) in [5.74, 6) is -0.152. The standard InChI is InChI=1S/C16H12FNO/c1-19-14-8-4-7-13(15(14)17)16-12-6-3-2-5-11(12)9-10-18-16/h2-10H,1H3. The molecule has 0 bridgehead atoms. The average molecular weight is 253 g/mol. The zero-order valence-corrected chi connectivity index (χ0v) is 10.4. The molecule has 94 valence electrons. The summed E-state index contributed by atoms with van der Waals surface area (Å²) in [4.78, 5) is 4.32. The Morgan fingerprint density at radius 1 is 1.00 bits per heavy atom. The SMILES string of the molecule is COc1cccc(-c2nccc3ccccc23)c1F. The number of hydrogen-bond acceptors (Lipinski definition) is 2. The highest BCUT2D eigenvalue weighted by Gasteiger charge is 2.13. The zero-order valence-electron chi connectivity index (χ0n) is 10.4. The van der Waals surface area contributed by atoms with Crippen LogP contribution in [0.1, 0.15) is 0 Å². The first-order valence-corrected chi connectivity index (χ1v) is 5.98. The number of halogens is 1. The average Bonchev–Trinajstić information content (AvgIpc) is 2.47. The highest BCUT2D eigenvalue weighted by atomic mass is 19.1. The summed E-state index contributed by atoms with van der Waals surface area (Å²) in [7, 11) is 1.46. The van der Waals surface area contributed by atoms with Crippen LogP contribution in [0.5, 0.6) is 5.75 Å². The minimum absolute atomic E-state index is 0.229. The lowest BCUT2D eigenvalue weighted by atomic mass is 10.0. The van der Waals surface area contributed by atoms with Crippen LogP contribution in [0.3, 0.4) is 0 Å². The van der Waals surface area contributed by atoms with Crippen LogP contribution >= 0.6 is 0 Å². The summed E-state index contributed by atoms with van der Waals surface area (Å²) in [6, 6.07) is 14.8. The van der Waals surface area contributed by atoms with E-state index in [9.17, 15) is 4.39 Å². The number of hydrogen-bond donors (Lipinski definition) is 0. The second-order valence-corrected chi connectivity index (χ2v) is 4.20. The van der Waals surface area contributed by atoms with Crippen molar-refractivity contribution >= 4 is 10.8 Å².